The van der Waals surface area contributed by atoms with Crippen LogP contribution < -0.4 is 15.8 Å². The van der Waals surface area contributed by atoms with Gasteiger partial charge in [-0.3, -0.25) is 4.79 Å². The summed E-state index contributed by atoms with van der Waals surface area (Å²) in [5.41, 5.74) is 6.35. The molecular weight excluding hydrogens is 259 g/mol. The first-order valence-corrected chi connectivity index (χ1v) is 6.11. The third-order valence-corrected chi connectivity index (χ3v) is 2.74. The minimum Gasteiger partial charge on any atom is -0.454 e. The molecule has 0 bridgehead atoms. The topological polar surface area (TPSA) is 64.3 Å². The summed E-state index contributed by atoms with van der Waals surface area (Å²) in [4.78, 5) is 10.9. The van der Waals surface area contributed by atoms with E-state index in [4.69, 9.17) is 10.5 Å². The third kappa shape index (κ3) is 3.33. The Balaban J connectivity index is 2.15. The SMILES string of the molecule is CNCc1ccc(Oc2ccc(C(N)=O)cc2)c(F)c1. The van der Waals surface area contributed by atoms with E-state index in [2.05, 4.69) is 5.32 Å². The lowest BCUT2D eigenvalue weighted by Crippen LogP contribution is -2.10. The van der Waals surface area contributed by atoms with Crippen LogP contribution in [0.2, 0.25) is 0 Å². The van der Waals surface area contributed by atoms with E-state index in [1.807, 2.05) is 0 Å². The Morgan fingerprint density at radius 2 is 1.95 bits per heavy atom. The number of halogens is 1. The fraction of sp³-hybridized carbons (Fsp3) is 0.133. The van der Waals surface area contributed by atoms with Gasteiger partial charge in [-0.15, -0.1) is 0 Å². The molecule has 20 heavy (non-hydrogen) atoms. The monoisotopic (exact) mass is 274 g/mol. The number of carbonyl (C=O) groups is 1. The van der Waals surface area contributed by atoms with Crippen LogP contribution in [-0.2, 0) is 6.54 Å². The Hall–Kier alpha value is -2.40. The number of nitrogens with two attached hydrogens (primary N) is 1. The molecule has 0 aliphatic heterocycles. The lowest BCUT2D eigenvalue weighted by atomic mass is 10.2. The van der Waals surface area contributed by atoms with Crippen LogP contribution in [0.5, 0.6) is 11.5 Å². The second kappa shape index (κ2) is 6.16. The molecule has 1 amide bonds. The van der Waals surface area contributed by atoms with Crippen LogP contribution in [0.3, 0.4) is 0 Å². The molecular formula is C15H15FN2O2. The van der Waals surface area contributed by atoms with Crippen LogP contribution in [0, 0.1) is 5.82 Å². The highest BCUT2D eigenvalue weighted by Crippen LogP contribution is 2.25. The number of ether oxygens (including phenoxy) is 1. The normalized spacial score (nSPS) is 10.3. The summed E-state index contributed by atoms with van der Waals surface area (Å²) in [5, 5.41) is 2.95. The minimum atomic E-state index is -0.515. The van der Waals surface area contributed by atoms with Gasteiger partial charge in [0.1, 0.15) is 5.75 Å². The van der Waals surface area contributed by atoms with Gasteiger partial charge in [-0.2, -0.15) is 0 Å². The molecule has 0 saturated carbocycles. The molecule has 3 N–H and O–H groups in total. The standard InChI is InChI=1S/C15H15FN2O2/c1-18-9-10-2-7-14(13(16)8-10)20-12-5-3-11(4-6-12)15(17)19/h2-8,18H,9H2,1H3,(H2,17,19). The summed E-state index contributed by atoms with van der Waals surface area (Å²) in [6.07, 6.45) is 0. The van der Waals surface area contributed by atoms with Crippen LogP contribution in [-0.4, -0.2) is 13.0 Å². The van der Waals surface area contributed by atoms with Gasteiger partial charge in [-0.05, 0) is 49.0 Å². The second-order valence-corrected chi connectivity index (χ2v) is 4.29. The molecule has 0 fully saturated rings. The molecule has 5 heteroatoms. The van der Waals surface area contributed by atoms with E-state index in [0.717, 1.165) is 5.56 Å². The number of amides is 1. The van der Waals surface area contributed by atoms with Crippen LogP contribution >= 0.6 is 0 Å². The van der Waals surface area contributed by atoms with Crippen LogP contribution in [0.25, 0.3) is 0 Å². The number of hydrogen-bond donors (Lipinski definition) is 2. The molecule has 0 radical (unpaired) electrons. The maximum absolute atomic E-state index is 13.8. The Morgan fingerprint density at radius 3 is 2.50 bits per heavy atom. The highest BCUT2D eigenvalue weighted by Gasteiger charge is 2.07. The Bertz CT molecular complexity index is 612. The Kier molecular flexibility index (Phi) is 4.32. The number of rotatable bonds is 5. The van der Waals surface area contributed by atoms with E-state index < -0.39 is 11.7 Å². The van der Waals surface area contributed by atoms with Gasteiger partial charge < -0.3 is 15.8 Å². The van der Waals surface area contributed by atoms with Gasteiger partial charge in [0.25, 0.3) is 0 Å². The predicted molar refractivity (Wildman–Crippen MR) is 74.2 cm³/mol. The number of carbonyl (C=O) groups excluding carboxylic acids is 1. The third-order valence-electron chi connectivity index (χ3n) is 2.74. The van der Waals surface area contributed by atoms with Gasteiger partial charge in [0, 0.05) is 12.1 Å². The molecule has 2 aromatic rings. The van der Waals surface area contributed by atoms with Crippen LogP contribution in [0.15, 0.2) is 42.5 Å². The number of nitrogens with one attached hydrogen (secondary N) is 1. The van der Waals surface area contributed by atoms with Crippen molar-refractivity contribution in [1.29, 1.82) is 0 Å². The summed E-state index contributed by atoms with van der Waals surface area (Å²) < 4.78 is 19.3. The average Bonchev–Trinajstić information content (AvgIpc) is 2.43. The van der Waals surface area contributed by atoms with E-state index in [9.17, 15) is 9.18 Å². The van der Waals surface area contributed by atoms with Crippen molar-refractivity contribution in [3.63, 3.8) is 0 Å². The quantitative estimate of drug-likeness (QED) is 0.880. The Labute approximate surface area is 116 Å². The molecule has 4 nitrogen and oxygen atoms in total. The maximum atomic E-state index is 13.8. The van der Waals surface area contributed by atoms with E-state index in [1.165, 1.54) is 18.2 Å². The van der Waals surface area contributed by atoms with E-state index in [0.29, 0.717) is 17.9 Å². The fourth-order valence-electron chi connectivity index (χ4n) is 1.76. The average molecular weight is 274 g/mol. The molecule has 0 aliphatic carbocycles. The lowest BCUT2D eigenvalue weighted by molar-refractivity contribution is 0.100. The van der Waals surface area contributed by atoms with Crippen molar-refractivity contribution in [2.24, 2.45) is 5.73 Å². The van der Waals surface area contributed by atoms with Crippen molar-refractivity contribution in [2.45, 2.75) is 6.54 Å². The highest BCUT2D eigenvalue weighted by atomic mass is 19.1. The van der Waals surface area contributed by atoms with Gasteiger partial charge in [0.2, 0.25) is 5.91 Å². The molecule has 0 unspecified atom stereocenters. The molecule has 0 atom stereocenters. The molecule has 0 saturated heterocycles. The summed E-state index contributed by atoms with van der Waals surface area (Å²) >= 11 is 0. The molecule has 0 aromatic heterocycles. The van der Waals surface area contributed by atoms with Gasteiger partial charge in [0.15, 0.2) is 11.6 Å². The summed E-state index contributed by atoms with van der Waals surface area (Å²) in [6, 6.07) is 11.0. The van der Waals surface area contributed by atoms with Crippen molar-refractivity contribution in [1.82, 2.24) is 5.32 Å². The highest BCUT2D eigenvalue weighted by molar-refractivity contribution is 5.92. The van der Waals surface area contributed by atoms with Crippen LogP contribution in [0.1, 0.15) is 15.9 Å². The summed E-state index contributed by atoms with van der Waals surface area (Å²) in [7, 11) is 1.79. The molecule has 0 spiro atoms. The number of benzene rings is 2. The van der Waals surface area contributed by atoms with E-state index in [1.54, 1.807) is 31.3 Å². The number of primary amides is 1. The molecule has 2 aromatic carbocycles. The summed E-state index contributed by atoms with van der Waals surface area (Å²) in [6.45, 7) is 0.588. The van der Waals surface area contributed by atoms with Gasteiger partial charge in [-0.25, -0.2) is 4.39 Å². The zero-order chi connectivity index (χ0) is 14.5. The smallest absolute Gasteiger partial charge is 0.248 e. The number of hydrogen-bond acceptors (Lipinski definition) is 3. The van der Waals surface area contributed by atoms with Crippen molar-refractivity contribution < 1.29 is 13.9 Å². The molecule has 104 valence electrons. The van der Waals surface area contributed by atoms with Crippen molar-refractivity contribution in [3.8, 4) is 11.5 Å². The second-order valence-electron chi connectivity index (χ2n) is 4.29. The van der Waals surface area contributed by atoms with Gasteiger partial charge in [-0.1, -0.05) is 6.07 Å². The van der Waals surface area contributed by atoms with Gasteiger partial charge >= 0.3 is 0 Å². The zero-order valence-electron chi connectivity index (χ0n) is 11.0. The minimum absolute atomic E-state index is 0.136. The molecule has 0 aliphatic rings. The fourth-order valence-corrected chi connectivity index (χ4v) is 1.76. The summed E-state index contributed by atoms with van der Waals surface area (Å²) in [5.74, 6) is -0.372. The van der Waals surface area contributed by atoms with Crippen molar-refractivity contribution in [2.75, 3.05) is 7.05 Å². The zero-order valence-corrected chi connectivity index (χ0v) is 11.0. The first kappa shape index (κ1) is 14.0. The maximum Gasteiger partial charge on any atom is 0.248 e. The van der Waals surface area contributed by atoms with E-state index in [-0.39, 0.29) is 5.75 Å². The van der Waals surface area contributed by atoms with Crippen molar-refractivity contribution in [3.05, 3.63) is 59.4 Å². The molecule has 2 rings (SSSR count). The largest absolute Gasteiger partial charge is 0.454 e. The van der Waals surface area contributed by atoms with Crippen molar-refractivity contribution >= 4 is 5.91 Å². The first-order valence-electron chi connectivity index (χ1n) is 6.11. The predicted octanol–water partition coefficient (Wildman–Crippen LogP) is 2.44. The Morgan fingerprint density at radius 1 is 1.25 bits per heavy atom. The van der Waals surface area contributed by atoms with Crippen LogP contribution in [0.4, 0.5) is 4.39 Å². The van der Waals surface area contributed by atoms with E-state index >= 15 is 0 Å². The molecule has 0 heterocycles. The van der Waals surface area contributed by atoms with Gasteiger partial charge in [0.05, 0.1) is 0 Å². The first-order chi connectivity index (χ1) is 9.60. The lowest BCUT2D eigenvalue weighted by Gasteiger charge is -2.08.